The molecular formula is C14H18F3N3O2. The first-order valence-corrected chi connectivity index (χ1v) is 7.44. The minimum atomic E-state index is -4.19. The molecule has 22 heavy (non-hydrogen) atoms. The molecule has 8 heteroatoms. The highest BCUT2D eigenvalue weighted by Crippen LogP contribution is 2.37. The molecule has 2 atom stereocenters. The number of hydrogen-bond donors (Lipinski definition) is 0. The van der Waals surface area contributed by atoms with Crippen molar-refractivity contribution in [2.75, 3.05) is 13.2 Å². The van der Waals surface area contributed by atoms with Gasteiger partial charge >= 0.3 is 6.18 Å². The van der Waals surface area contributed by atoms with Crippen LogP contribution in [-0.4, -0.2) is 46.0 Å². The lowest BCUT2D eigenvalue weighted by molar-refractivity contribution is -0.187. The van der Waals surface area contributed by atoms with E-state index in [-0.39, 0.29) is 31.0 Å². The molecule has 0 bridgehead atoms. The standard InChI is InChI=1S/C14H18F3N3O2/c1-9-7-10(14(15,16)17)3-5-19(9)13(21)11-8-12-20(18-11)4-2-6-22-12/h8-10H,2-7H2,1H3. The summed E-state index contributed by atoms with van der Waals surface area (Å²) < 4.78 is 45.4. The minimum Gasteiger partial charge on any atom is -0.478 e. The van der Waals surface area contributed by atoms with Crippen LogP contribution in [0.25, 0.3) is 0 Å². The molecule has 3 heterocycles. The van der Waals surface area contributed by atoms with Gasteiger partial charge in [-0.1, -0.05) is 0 Å². The van der Waals surface area contributed by atoms with E-state index in [1.807, 2.05) is 0 Å². The number of aryl methyl sites for hydroxylation is 1. The number of hydrogen-bond acceptors (Lipinski definition) is 3. The lowest BCUT2D eigenvalue weighted by Gasteiger charge is -2.37. The molecule has 2 aliphatic rings. The Kier molecular flexibility index (Phi) is 3.78. The highest BCUT2D eigenvalue weighted by molar-refractivity contribution is 5.93. The Bertz CT molecular complexity index is 547. The van der Waals surface area contributed by atoms with Crippen molar-refractivity contribution in [1.82, 2.24) is 14.7 Å². The van der Waals surface area contributed by atoms with E-state index in [1.54, 1.807) is 17.7 Å². The average molecular weight is 317 g/mol. The molecule has 1 aromatic heterocycles. The van der Waals surface area contributed by atoms with Gasteiger partial charge in [-0.05, 0) is 19.8 Å². The zero-order valence-corrected chi connectivity index (χ0v) is 12.3. The smallest absolute Gasteiger partial charge is 0.391 e. The van der Waals surface area contributed by atoms with Crippen LogP contribution >= 0.6 is 0 Å². The predicted molar refractivity (Wildman–Crippen MR) is 71.6 cm³/mol. The van der Waals surface area contributed by atoms with Gasteiger partial charge in [0.25, 0.3) is 5.91 Å². The largest absolute Gasteiger partial charge is 0.478 e. The number of aromatic nitrogens is 2. The van der Waals surface area contributed by atoms with Crippen LogP contribution in [-0.2, 0) is 6.54 Å². The fourth-order valence-corrected chi connectivity index (χ4v) is 3.09. The van der Waals surface area contributed by atoms with E-state index in [0.29, 0.717) is 19.0 Å². The van der Waals surface area contributed by atoms with E-state index in [4.69, 9.17) is 4.74 Å². The second-order valence-electron chi connectivity index (χ2n) is 5.90. The number of amides is 1. The summed E-state index contributed by atoms with van der Waals surface area (Å²) in [5, 5.41) is 4.21. The number of fused-ring (bicyclic) bond motifs is 1. The number of likely N-dealkylation sites (tertiary alicyclic amines) is 1. The van der Waals surface area contributed by atoms with Gasteiger partial charge < -0.3 is 9.64 Å². The summed E-state index contributed by atoms with van der Waals surface area (Å²) in [4.78, 5) is 14.0. The molecule has 0 N–H and O–H groups in total. The fourth-order valence-electron chi connectivity index (χ4n) is 3.09. The van der Waals surface area contributed by atoms with Crippen LogP contribution < -0.4 is 4.74 Å². The van der Waals surface area contributed by atoms with Crippen LogP contribution in [0.3, 0.4) is 0 Å². The Morgan fingerprint density at radius 3 is 2.82 bits per heavy atom. The SMILES string of the molecule is CC1CC(C(F)(F)F)CCN1C(=O)c1cc2n(n1)CCCO2. The van der Waals surface area contributed by atoms with E-state index in [2.05, 4.69) is 5.10 Å². The van der Waals surface area contributed by atoms with Crippen molar-refractivity contribution >= 4 is 5.91 Å². The number of nitrogens with zero attached hydrogens (tertiary/aromatic N) is 3. The van der Waals surface area contributed by atoms with Gasteiger partial charge in [-0.25, -0.2) is 4.68 Å². The molecule has 0 saturated carbocycles. The summed E-state index contributed by atoms with van der Waals surface area (Å²) >= 11 is 0. The molecule has 0 aromatic carbocycles. The maximum Gasteiger partial charge on any atom is 0.391 e. The van der Waals surface area contributed by atoms with E-state index in [0.717, 1.165) is 6.42 Å². The Morgan fingerprint density at radius 1 is 1.41 bits per heavy atom. The summed E-state index contributed by atoms with van der Waals surface area (Å²) in [6.07, 6.45) is -3.47. The number of halogens is 3. The normalized spacial score (nSPS) is 25.5. The van der Waals surface area contributed by atoms with Gasteiger partial charge in [0, 0.05) is 31.6 Å². The van der Waals surface area contributed by atoms with Crippen molar-refractivity contribution in [2.45, 2.75) is 44.9 Å². The van der Waals surface area contributed by atoms with Gasteiger partial charge in [0.2, 0.25) is 5.88 Å². The van der Waals surface area contributed by atoms with Crippen molar-refractivity contribution in [3.63, 3.8) is 0 Å². The molecule has 0 radical (unpaired) electrons. The van der Waals surface area contributed by atoms with E-state index >= 15 is 0 Å². The number of rotatable bonds is 1. The van der Waals surface area contributed by atoms with Crippen LogP contribution in [0.4, 0.5) is 13.2 Å². The summed E-state index contributed by atoms with van der Waals surface area (Å²) in [5.74, 6) is -1.10. The molecule has 122 valence electrons. The summed E-state index contributed by atoms with van der Waals surface area (Å²) in [7, 11) is 0. The van der Waals surface area contributed by atoms with Crippen LogP contribution in [0.5, 0.6) is 5.88 Å². The van der Waals surface area contributed by atoms with Gasteiger partial charge in [-0.15, -0.1) is 0 Å². The molecule has 1 fully saturated rings. The minimum absolute atomic E-state index is 0.0519. The van der Waals surface area contributed by atoms with E-state index < -0.39 is 18.1 Å². The number of piperidine rings is 1. The molecule has 5 nitrogen and oxygen atoms in total. The van der Waals surface area contributed by atoms with Crippen LogP contribution in [0.1, 0.15) is 36.7 Å². The second-order valence-corrected chi connectivity index (χ2v) is 5.90. The maximum atomic E-state index is 12.8. The molecule has 1 aromatic rings. The van der Waals surface area contributed by atoms with Gasteiger partial charge in [-0.3, -0.25) is 4.79 Å². The molecule has 2 unspecified atom stereocenters. The predicted octanol–water partition coefficient (Wildman–Crippen LogP) is 2.47. The third kappa shape index (κ3) is 2.78. The first kappa shape index (κ1) is 15.2. The molecule has 0 spiro atoms. The van der Waals surface area contributed by atoms with Gasteiger partial charge in [0.05, 0.1) is 12.5 Å². The third-order valence-electron chi connectivity index (χ3n) is 4.33. The molecule has 1 saturated heterocycles. The van der Waals surface area contributed by atoms with E-state index in [9.17, 15) is 18.0 Å². The Hall–Kier alpha value is -1.73. The topological polar surface area (TPSA) is 47.4 Å². The van der Waals surface area contributed by atoms with Crippen molar-refractivity contribution in [3.05, 3.63) is 11.8 Å². The quantitative estimate of drug-likeness (QED) is 0.799. The fraction of sp³-hybridized carbons (Fsp3) is 0.714. The molecule has 1 amide bonds. The second kappa shape index (κ2) is 5.48. The van der Waals surface area contributed by atoms with Gasteiger partial charge in [0.15, 0.2) is 5.69 Å². The molecule has 3 rings (SSSR count). The van der Waals surface area contributed by atoms with Crippen molar-refractivity contribution < 1.29 is 22.7 Å². The average Bonchev–Trinajstić information content (AvgIpc) is 2.89. The number of carbonyl (C=O) groups is 1. The number of carbonyl (C=O) groups excluding carboxylic acids is 1. The third-order valence-corrected chi connectivity index (χ3v) is 4.33. The highest BCUT2D eigenvalue weighted by atomic mass is 19.4. The number of ether oxygens (including phenoxy) is 1. The zero-order valence-electron chi connectivity index (χ0n) is 12.3. The summed E-state index contributed by atoms with van der Waals surface area (Å²) in [5.41, 5.74) is 0.245. The molecule has 0 aliphatic carbocycles. The van der Waals surface area contributed by atoms with E-state index in [1.165, 1.54) is 4.90 Å². The Labute approximate surface area is 126 Å². The summed E-state index contributed by atoms with van der Waals surface area (Å²) in [6.45, 7) is 3.04. The highest BCUT2D eigenvalue weighted by Gasteiger charge is 2.44. The van der Waals surface area contributed by atoms with Crippen LogP contribution in [0.2, 0.25) is 0 Å². The maximum absolute atomic E-state index is 12.8. The Morgan fingerprint density at radius 2 is 2.18 bits per heavy atom. The lowest BCUT2D eigenvalue weighted by Crippen LogP contribution is -2.47. The molecular weight excluding hydrogens is 299 g/mol. The lowest BCUT2D eigenvalue weighted by atomic mass is 9.91. The first-order chi connectivity index (χ1) is 10.4. The summed E-state index contributed by atoms with van der Waals surface area (Å²) in [6, 6.07) is 1.12. The zero-order chi connectivity index (χ0) is 15.9. The van der Waals surface area contributed by atoms with Crippen molar-refractivity contribution in [2.24, 2.45) is 5.92 Å². The first-order valence-electron chi connectivity index (χ1n) is 7.44. The molecule has 2 aliphatic heterocycles. The van der Waals surface area contributed by atoms with Crippen molar-refractivity contribution in [1.29, 1.82) is 0 Å². The monoisotopic (exact) mass is 317 g/mol. The number of alkyl halides is 3. The van der Waals surface area contributed by atoms with Gasteiger partial charge in [0.1, 0.15) is 0 Å². The van der Waals surface area contributed by atoms with Crippen LogP contribution in [0, 0.1) is 5.92 Å². The van der Waals surface area contributed by atoms with Crippen molar-refractivity contribution in [3.8, 4) is 5.88 Å². The van der Waals surface area contributed by atoms with Crippen LogP contribution in [0.15, 0.2) is 6.07 Å². The Balaban J connectivity index is 1.72. The van der Waals surface area contributed by atoms with Gasteiger partial charge in [-0.2, -0.15) is 18.3 Å².